The molecule has 1 aliphatic rings. The molecule has 3 nitrogen and oxygen atoms in total. The Morgan fingerprint density at radius 1 is 1.03 bits per heavy atom. The number of ether oxygens (including phenoxy) is 1. The number of carboxylic acid groups (broad SMARTS) is 1. The summed E-state index contributed by atoms with van der Waals surface area (Å²) >= 11 is 0. The van der Waals surface area contributed by atoms with Crippen molar-refractivity contribution < 1.29 is 47.2 Å². The molecule has 0 fully saturated rings. The number of carboxylic acids is 1. The maximum atomic E-state index is 13.4. The number of rotatable bonds is 4. The van der Waals surface area contributed by atoms with Crippen LogP contribution in [0.1, 0.15) is 16.7 Å². The molecule has 0 radical (unpaired) electrons. The molecule has 1 unspecified atom stereocenters. The zero-order chi connectivity index (χ0) is 22.6. The molecular weight excluding hydrogens is 448 g/mol. The molecule has 3 rings (SSSR count). The number of alkyl halides is 3. The van der Waals surface area contributed by atoms with Gasteiger partial charge < -0.3 is 9.84 Å². The van der Waals surface area contributed by atoms with Crippen molar-refractivity contribution in [2.24, 2.45) is 0 Å². The molecule has 0 saturated heterocycles. The van der Waals surface area contributed by atoms with Crippen LogP contribution >= 0.6 is 10.2 Å². The topological polar surface area (TPSA) is 46.5 Å². The van der Waals surface area contributed by atoms with Crippen molar-refractivity contribution in [2.45, 2.75) is 23.6 Å². The number of halogens is 8. The smallest absolute Gasteiger partial charge is 0.430 e. The third kappa shape index (κ3) is 4.53. The first-order valence-corrected chi connectivity index (χ1v) is 10.0. The Bertz CT molecular complexity index is 1040. The minimum absolute atomic E-state index is 0.0421. The fourth-order valence-electron chi connectivity index (χ4n) is 2.95. The summed E-state index contributed by atoms with van der Waals surface area (Å²) in [4.78, 5) is 8.84. The third-order valence-corrected chi connectivity index (χ3v) is 5.35. The van der Waals surface area contributed by atoms with Gasteiger partial charge in [0.2, 0.25) is 6.10 Å². The quantitative estimate of drug-likeness (QED) is 0.515. The molecule has 2 aromatic carbocycles. The normalized spacial score (nSPS) is 19.1. The first-order chi connectivity index (χ1) is 13.5. The van der Waals surface area contributed by atoms with Gasteiger partial charge in [-0.15, -0.1) is 0 Å². The number of fused-ring (bicyclic) bond motifs is 1. The van der Waals surface area contributed by atoms with Crippen molar-refractivity contribution in [3.63, 3.8) is 0 Å². The van der Waals surface area contributed by atoms with Crippen LogP contribution in [0, 0.1) is 0 Å². The fourth-order valence-corrected chi connectivity index (χ4v) is 3.66. The lowest BCUT2D eigenvalue weighted by atomic mass is 9.96. The molecule has 2 aromatic rings. The van der Waals surface area contributed by atoms with Crippen molar-refractivity contribution >= 4 is 22.3 Å². The highest BCUT2D eigenvalue weighted by Gasteiger charge is 2.66. The highest BCUT2D eigenvalue weighted by molar-refractivity contribution is 8.45. The van der Waals surface area contributed by atoms with Crippen LogP contribution in [0.25, 0.3) is 6.08 Å². The van der Waals surface area contributed by atoms with Crippen LogP contribution in [0.5, 0.6) is 5.75 Å². The zero-order valence-corrected chi connectivity index (χ0v) is 15.4. The maximum absolute atomic E-state index is 13.4. The molecule has 12 heteroatoms. The van der Waals surface area contributed by atoms with Gasteiger partial charge in [0.1, 0.15) is 10.6 Å². The van der Waals surface area contributed by atoms with Crippen molar-refractivity contribution in [2.75, 3.05) is 0 Å². The molecule has 30 heavy (non-hydrogen) atoms. The van der Waals surface area contributed by atoms with Gasteiger partial charge in [-0.05, 0) is 23.8 Å². The predicted molar refractivity (Wildman–Crippen MR) is 93.2 cm³/mol. The summed E-state index contributed by atoms with van der Waals surface area (Å²) in [5.74, 6) is -2.85. The van der Waals surface area contributed by atoms with Gasteiger partial charge in [-0.3, -0.25) is 0 Å². The van der Waals surface area contributed by atoms with E-state index in [0.29, 0.717) is 5.56 Å². The molecule has 0 spiro atoms. The summed E-state index contributed by atoms with van der Waals surface area (Å²) in [6.07, 6.45) is -8.35. The Morgan fingerprint density at radius 3 is 2.13 bits per heavy atom. The molecule has 1 heterocycles. The molecule has 1 aliphatic heterocycles. The van der Waals surface area contributed by atoms with E-state index in [1.807, 2.05) is 0 Å². The number of aliphatic carboxylic acids is 1. The molecule has 0 saturated carbocycles. The predicted octanol–water partition coefficient (Wildman–Crippen LogP) is 6.73. The van der Waals surface area contributed by atoms with E-state index >= 15 is 0 Å². The van der Waals surface area contributed by atoms with Crippen LogP contribution in [0.2, 0.25) is 0 Å². The van der Waals surface area contributed by atoms with Gasteiger partial charge in [0, 0.05) is 17.5 Å². The van der Waals surface area contributed by atoms with E-state index < -0.39 is 62.2 Å². The Labute approximate surface area is 164 Å². The van der Waals surface area contributed by atoms with Gasteiger partial charge in [-0.2, -0.15) is 13.2 Å². The van der Waals surface area contributed by atoms with E-state index in [2.05, 4.69) is 0 Å². The largest absolute Gasteiger partial charge is 0.478 e. The van der Waals surface area contributed by atoms with E-state index in [9.17, 15) is 37.4 Å². The van der Waals surface area contributed by atoms with E-state index in [1.54, 1.807) is 6.07 Å². The number of carbonyl (C=O) groups is 1. The number of hydrogen-bond donors (Lipinski definition) is 1. The molecule has 0 aromatic heterocycles. The highest BCUT2D eigenvalue weighted by atomic mass is 32.5. The molecular formula is C18H12F8O3S. The minimum Gasteiger partial charge on any atom is -0.478 e. The summed E-state index contributed by atoms with van der Waals surface area (Å²) in [5.41, 5.74) is -2.51. The summed E-state index contributed by atoms with van der Waals surface area (Å²) in [6.45, 7) is 0. The van der Waals surface area contributed by atoms with Crippen molar-refractivity contribution in [3.8, 4) is 5.75 Å². The summed E-state index contributed by atoms with van der Waals surface area (Å²) in [7, 11) is -10.2. The Morgan fingerprint density at radius 2 is 1.63 bits per heavy atom. The minimum atomic E-state index is -10.2. The maximum Gasteiger partial charge on any atom is 0.430 e. The number of hydrogen-bond acceptors (Lipinski definition) is 2. The monoisotopic (exact) mass is 460 g/mol. The van der Waals surface area contributed by atoms with Gasteiger partial charge in [0.15, 0.2) is 0 Å². The highest BCUT2D eigenvalue weighted by Crippen LogP contribution is 3.02. The van der Waals surface area contributed by atoms with E-state index in [1.165, 1.54) is 24.3 Å². The second-order valence-corrected chi connectivity index (χ2v) is 8.99. The van der Waals surface area contributed by atoms with Crippen LogP contribution < -0.4 is 4.74 Å². The lowest BCUT2D eigenvalue weighted by Gasteiger charge is -2.41. The van der Waals surface area contributed by atoms with Crippen LogP contribution in [-0.4, -0.2) is 23.4 Å². The van der Waals surface area contributed by atoms with Crippen molar-refractivity contribution in [1.82, 2.24) is 0 Å². The summed E-state index contributed by atoms with van der Waals surface area (Å²) in [6, 6.07) is 7.38. The van der Waals surface area contributed by atoms with Gasteiger partial charge >= 0.3 is 22.4 Å². The SMILES string of the molecule is O=C(O)C1=Cc2cc(S(F)(F)(F)(F)F)cc(Cc3ccccc3)c2OC1C(F)(F)F. The Hall–Kier alpha value is -2.76. The lowest BCUT2D eigenvalue weighted by Crippen LogP contribution is -2.40. The van der Waals surface area contributed by atoms with E-state index in [4.69, 9.17) is 9.84 Å². The first kappa shape index (κ1) is 21.9. The second kappa shape index (κ2) is 6.13. The Balaban J connectivity index is 2.28. The standard InChI is InChI=1S/C18H12F8O3S/c19-18(20,21)16-14(17(27)28)9-12-8-13(30(22,23,24,25)26)7-11(15(12)29-16)6-10-4-2-1-3-5-10/h1-5,7-9,16H,6H2,(H,27,28). The van der Waals surface area contributed by atoms with E-state index in [-0.39, 0.29) is 18.2 Å². The van der Waals surface area contributed by atoms with Crippen LogP contribution in [0.15, 0.2) is 52.9 Å². The van der Waals surface area contributed by atoms with Gasteiger partial charge in [0.25, 0.3) is 0 Å². The summed E-state index contributed by atoms with van der Waals surface area (Å²) in [5, 5.41) is 9.02. The average molecular weight is 460 g/mol. The van der Waals surface area contributed by atoms with Gasteiger partial charge in [-0.1, -0.05) is 49.8 Å². The van der Waals surface area contributed by atoms with Crippen molar-refractivity contribution in [3.05, 3.63) is 64.7 Å². The molecule has 1 N–H and O–H groups in total. The molecule has 164 valence electrons. The van der Waals surface area contributed by atoms with Crippen LogP contribution in [-0.2, 0) is 11.2 Å². The first-order valence-electron chi connectivity index (χ1n) is 8.09. The Kier molecular flexibility index (Phi) is 4.48. The number of benzene rings is 2. The fraction of sp³-hybridized carbons (Fsp3) is 0.167. The average Bonchev–Trinajstić information content (AvgIpc) is 2.58. The molecule has 1 atom stereocenters. The second-order valence-electron chi connectivity index (χ2n) is 6.58. The molecule has 0 aliphatic carbocycles. The summed E-state index contributed by atoms with van der Waals surface area (Å²) < 4.78 is 112. The third-order valence-electron chi connectivity index (χ3n) is 4.22. The van der Waals surface area contributed by atoms with Gasteiger partial charge in [0.05, 0.1) is 5.57 Å². The zero-order valence-electron chi connectivity index (χ0n) is 14.6. The van der Waals surface area contributed by atoms with E-state index in [0.717, 1.165) is 0 Å². The molecule has 0 amide bonds. The van der Waals surface area contributed by atoms with Crippen molar-refractivity contribution in [1.29, 1.82) is 0 Å². The van der Waals surface area contributed by atoms with Crippen LogP contribution in [0.4, 0.5) is 32.6 Å². The molecule has 0 bridgehead atoms. The lowest BCUT2D eigenvalue weighted by molar-refractivity contribution is -0.187. The van der Waals surface area contributed by atoms with Gasteiger partial charge in [-0.25, -0.2) is 4.79 Å². The van der Waals surface area contributed by atoms with Crippen LogP contribution in [0.3, 0.4) is 0 Å².